The van der Waals surface area contributed by atoms with E-state index in [-0.39, 0.29) is 13.0 Å². The second kappa shape index (κ2) is 11.0. The van der Waals surface area contributed by atoms with Crippen LogP contribution in [0.15, 0.2) is 0 Å². The van der Waals surface area contributed by atoms with E-state index in [2.05, 4.69) is 0 Å². The molecule has 0 aromatic carbocycles. The second-order valence-corrected chi connectivity index (χ2v) is 8.79. The lowest BCUT2D eigenvalue weighted by molar-refractivity contribution is -0.332. The van der Waals surface area contributed by atoms with Crippen molar-refractivity contribution in [1.29, 1.82) is 0 Å². The minimum absolute atomic E-state index is 0.0849. The van der Waals surface area contributed by atoms with Crippen molar-refractivity contribution >= 4 is 0 Å². The Bertz CT molecular complexity index is 584. The maximum Gasteiger partial charge on any atom is 0.187 e. The summed E-state index contributed by atoms with van der Waals surface area (Å²) in [6.45, 7) is -0.763. The van der Waals surface area contributed by atoms with Crippen molar-refractivity contribution in [3.8, 4) is 0 Å². The van der Waals surface area contributed by atoms with Crippen LogP contribution in [0.2, 0.25) is 0 Å². The predicted octanol–water partition coefficient (Wildman–Crippen LogP) is -7.29. The zero-order chi connectivity index (χ0) is 24.6. The molecule has 0 bridgehead atoms. The van der Waals surface area contributed by atoms with E-state index in [1.54, 1.807) is 0 Å². The topological polar surface area (TPSA) is 283 Å². The summed E-state index contributed by atoms with van der Waals surface area (Å²) >= 11 is 0. The smallest absolute Gasteiger partial charge is 0.187 e. The van der Waals surface area contributed by atoms with Crippen molar-refractivity contribution in [3.63, 3.8) is 0 Å². The van der Waals surface area contributed by atoms with Crippen molar-refractivity contribution in [3.05, 3.63) is 0 Å². The van der Waals surface area contributed by atoms with Gasteiger partial charge in [-0.05, 0) is 6.42 Å². The molecule has 3 aliphatic rings. The van der Waals surface area contributed by atoms with Crippen molar-refractivity contribution < 1.29 is 54.7 Å². The number of aliphatic hydroxyl groups excluding tert-OH is 7. The van der Waals surface area contributed by atoms with Crippen LogP contribution in [-0.4, -0.2) is 141 Å². The maximum absolute atomic E-state index is 10.9. The maximum atomic E-state index is 10.9. The summed E-state index contributed by atoms with van der Waals surface area (Å²) in [4.78, 5) is 0. The van der Waals surface area contributed by atoms with Crippen LogP contribution < -0.4 is 22.9 Å². The summed E-state index contributed by atoms with van der Waals surface area (Å²) in [6.07, 6.45) is -16.5. The van der Waals surface area contributed by atoms with Crippen LogP contribution in [0.5, 0.6) is 0 Å². The van der Waals surface area contributed by atoms with E-state index in [0.29, 0.717) is 0 Å². The van der Waals surface area contributed by atoms with Crippen LogP contribution in [0.4, 0.5) is 0 Å². The number of hydrogen-bond acceptors (Lipinski definition) is 15. The Morgan fingerprint density at radius 1 is 0.667 bits per heavy atom. The molecule has 15 atom stereocenters. The van der Waals surface area contributed by atoms with E-state index in [4.69, 9.17) is 41.9 Å². The Morgan fingerprint density at radius 3 is 1.70 bits per heavy atom. The molecule has 2 saturated heterocycles. The zero-order valence-corrected chi connectivity index (χ0v) is 17.9. The first-order valence-electron chi connectivity index (χ1n) is 10.8. The van der Waals surface area contributed by atoms with Crippen molar-refractivity contribution in [2.24, 2.45) is 22.9 Å². The van der Waals surface area contributed by atoms with Gasteiger partial charge in [0.25, 0.3) is 0 Å². The fraction of sp³-hybridized carbons (Fsp3) is 1.00. The third-order valence-corrected chi connectivity index (χ3v) is 6.48. The summed E-state index contributed by atoms with van der Waals surface area (Å²) in [6, 6.07) is -2.86. The molecule has 15 N–H and O–H groups in total. The van der Waals surface area contributed by atoms with Gasteiger partial charge in [0.2, 0.25) is 0 Å². The van der Waals surface area contributed by atoms with Gasteiger partial charge in [0.05, 0.1) is 12.6 Å². The summed E-state index contributed by atoms with van der Waals surface area (Å²) < 4.78 is 22.2. The summed E-state index contributed by atoms with van der Waals surface area (Å²) in [7, 11) is 0. The van der Waals surface area contributed by atoms with Crippen LogP contribution in [0.3, 0.4) is 0 Å². The standard InChI is InChI=1S/C18H36N4O11/c19-2-6-10(25)12(27)13(28)18(30-6)33-16-5(21)1-4(20)15(14(16)29)32-17-11(26)8(22)9(24)7(3-23)31-17/h4-18,23-29H,1-3,19-22H2/t4-,5?,6?,7?,8-,9-,10-,11?,12?,13+,14?,15-,16-,17-,18-/m1/s1. The molecule has 194 valence electrons. The van der Waals surface area contributed by atoms with Crippen molar-refractivity contribution in [1.82, 2.24) is 0 Å². The first-order valence-corrected chi connectivity index (χ1v) is 10.8. The van der Waals surface area contributed by atoms with Gasteiger partial charge < -0.3 is 77.6 Å². The molecule has 1 aliphatic carbocycles. The Kier molecular flexibility index (Phi) is 8.99. The number of aliphatic hydroxyl groups is 7. The molecule has 0 radical (unpaired) electrons. The fourth-order valence-electron chi connectivity index (χ4n) is 4.40. The summed E-state index contributed by atoms with van der Waals surface area (Å²) in [5.41, 5.74) is 23.5. The molecular formula is C18H36N4O11. The highest BCUT2D eigenvalue weighted by Crippen LogP contribution is 2.31. The number of rotatable bonds is 6. The van der Waals surface area contributed by atoms with E-state index in [1.807, 2.05) is 0 Å². The van der Waals surface area contributed by atoms with Crippen LogP contribution in [-0.2, 0) is 18.9 Å². The van der Waals surface area contributed by atoms with Gasteiger partial charge in [-0.3, -0.25) is 0 Å². The molecule has 33 heavy (non-hydrogen) atoms. The van der Waals surface area contributed by atoms with Gasteiger partial charge >= 0.3 is 0 Å². The van der Waals surface area contributed by atoms with Crippen LogP contribution in [0, 0.1) is 0 Å². The van der Waals surface area contributed by atoms with Crippen molar-refractivity contribution in [2.75, 3.05) is 13.2 Å². The van der Waals surface area contributed by atoms with E-state index in [0.717, 1.165) is 0 Å². The average molecular weight is 485 g/mol. The Balaban J connectivity index is 1.72. The Labute approximate surface area is 189 Å². The number of nitrogens with two attached hydrogens (primary N) is 4. The van der Waals surface area contributed by atoms with E-state index in [9.17, 15) is 35.7 Å². The molecular weight excluding hydrogens is 448 g/mol. The van der Waals surface area contributed by atoms with Crippen LogP contribution in [0.1, 0.15) is 6.42 Å². The average Bonchev–Trinajstić information content (AvgIpc) is 2.79. The zero-order valence-electron chi connectivity index (χ0n) is 17.9. The van der Waals surface area contributed by atoms with Gasteiger partial charge in [0.15, 0.2) is 12.6 Å². The molecule has 2 aliphatic heterocycles. The third-order valence-electron chi connectivity index (χ3n) is 6.48. The van der Waals surface area contributed by atoms with Crippen molar-refractivity contribution in [2.45, 2.75) is 98.2 Å². The number of ether oxygens (including phenoxy) is 4. The molecule has 6 unspecified atom stereocenters. The molecule has 2 heterocycles. The second-order valence-electron chi connectivity index (χ2n) is 8.79. The van der Waals surface area contributed by atoms with E-state index < -0.39 is 98.4 Å². The molecule has 3 rings (SSSR count). The molecule has 0 aromatic rings. The lowest BCUT2D eigenvalue weighted by atomic mass is 9.84. The largest absolute Gasteiger partial charge is 0.394 e. The first-order chi connectivity index (χ1) is 15.5. The first kappa shape index (κ1) is 27.0. The Hall–Kier alpha value is -0.600. The van der Waals surface area contributed by atoms with Gasteiger partial charge in [-0.1, -0.05) is 0 Å². The monoisotopic (exact) mass is 484 g/mol. The minimum atomic E-state index is -1.66. The lowest BCUT2D eigenvalue weighted by Gasteiger charge is -2.48. The Morgan fingerprint density at radius 2 is 1.18 bits per heavy atom. The van der Waals surface area contributed by atoms with Gasteiger partial charge in [-0.2, -0.15) is 0 Å². The SMILES string of the molecule is NCC1O[C@H](O[C@@H]2C(N)C[C@@H](N)[C@@H](O[C@H]3OC(CO)[C@@H](O)[C@@H](N)C3O)C2O)[C@@H](O)C(O)[C@@H]1O. The molecule has 0 aromatic heterocycles. The normalized spacial score (nSPS) is 53.7. The minimum Gasteiger partial charge on any atom is -0.394 e. The summed E-state index contributed by atoms with van der Waals surface area (Å²) in [5.74, 6) is 0. The fourth-order valence-corrected chi connectivity index (χ4v) is 4.40. The molecule has 3 fully saturated rings. The molecule has 15 heteroatoms. The highest BCUT2D eigenvalue weighted by atomic mass is 16.7. The summed E-state index contributed by atoms with van der Waals surface area (Å²) in [5, 5.41) is 70.9. The molecule has 1 saturated carbocycles. The van der Waals surface area contributed by atoms with Crippen LogP contribution >= 0.6 is 0 Å². The molecule has 15 nitrogen and oxygen atoms in total. The highest BCUT2D eigenvalue weighted by Gasteiger charge is 2.51. The van der Waals surface area contributed by atoms with E-state index >= 15 is 0 Å². The van der Waals surface area contributed by atoms with E-state index in [1.165, 1.54) is 0 Å². The lowest BCUT2D eigenvalue weighted by Crippen LogP contribution is -2.68. The highest BCUT2D eigenvalue weighted by molar-refractivity contribution is 5.01. The molecule has 0 spiro atoms. The van der Waals surface area contributed by atoms with Gasteiger partial charge in [-0.25, -0.2) is 0 Å². The predicted molar refractivity (Wildman–Crippen MR) is 108 cm³/mol. The quantitative estimate of drug-likeness (QED) is 0.167. The third kappa shape index (κ3) is 5.32. The van der Waals surface area contributed by atoms with Gasteiger partial charge in [-0.15, -0.1) is 0 Å². The van der Waals surface area contributed by atoms with Gasteiger partial charge in [0, 0.05) is 18.6 Å². The number of hydrogen-bond donors (Lipinski definition) is 11. The van der Waals surface area contributed by atoms with Crippen LogP contribution in [0.25, 0.3) is 0 Å². The van der Waals surface area contributed by atoms with Gasteiger partial charge in [0.1, 0.15) is 61.0 Å². The molecule has 0 amide bonds.